The number of methoxy groups -OCH3 is 2. The molecule has 0 aliphatic carbocycles. The maximum absolute atomic E-state index is 12.6. The molecule has 2 amide bonds. The highest BCUT2D eigenvalue weighted by Gasteiger charge is 2.32. The van der Waals surface area contributed by atoms with Gasteiger partial charge in [-0.3, -0.25) is 4.79 Å². The molecule has 1 N–H and O–H groups in total. The number of urea groups is 1. The predicted octanol–water partition coefficient (Wildman–Crippen LogP) is 1.03. The second-order valence-electron chi connectivity index (χ2n) is 5.20. The summed E-state index contributed by atoms with van der Waals surface area (Å²) in [7, 11) is 3.23. The Balaban J connectivity index is 2.61. The molecule has 0 aromatic carbocycles. The zero-order valence-corrected chi connectivity index (χ0v) is 12.9. The van der Waals surface area contributed by atoms with Crippen LogP contribution in [0.5, 0.6) is 0 Å². The average Bonchev–Trinajstić information content (AvgIpc) is 2.89. The van der Waals surface area contributed by atoms with Gasteiger partial charge < -0.3 is 24.4 Å². The molecule has 0 radical (unpaired) electrons. The van der Waals surface area contributed by atoms with E-state index in [0.717, 1.165) is 19.3 Å². The number of carbonyl (C=O) groups is 2. The molecular formula is C14H26N2O5. The normalized spacial score (nSPS) is 18.0. The van der Waals surface area contributed by atoms with E-state index >= 15 is 0 Å². The van der Waals surface area contributed by atoms with Crippen molar-refractivity contribution in [3.8, 4) is 0 Å². The summed E-state index contributed by atoms with van der Waals surface area (Å²) in [6.07, 6.45) is 2.39. The average molecular weight is 302 g/mol. The van der Waals surface area contributed by atoms with Crippen molar-refractivity contribution in [1.82, 2.24) is 9.80 Å². The van der Waals surface area contributed by atoms with Crippen LogP contribution in [-0.4, -0.2) is 80.0 Å². The van der Waals surface area contributed by atoms with E-state index in [-0.39, 0.29) is 18.5 Å². The maximum Gasteiger partial charge on any atom is 0.320 e. The summed E-state index contributed by atoms with van der Waals surface area (Å²) in [6.45, 7) is 2.79. The van der Waals surface area contributed by atoms with Gasteiger partial charge in [0, 0.05) is 46.5 Å². The Morgan fingerprint density at radius 1 is 1.24 bits per heavy atom. The summed E-state index contributed by atoms with van der Waals surface area (Å²) in [5.74, 6) is -0.859. The Kier molecular flexibility index (Phi) is 8.07. The first-order chi connectivity index (χ1) is 10.1. The van der Waals surface area contributed by atoms with Gasteiger partial charge in [0.25, 0.3) is 0 Å². The fourth-order valence-electron chi connectivity index (χ4n) is 2.59. The zero-order valence-electron chi connectivity index (χ0n) is 12.9. The highest BCUT2D eigenvalue weighted by Crippen LogP contribution is 2.21. The smallest absolute Gasteiger partial charge is 0.320 e. The van der Waals surface area contributed by atoms with Crippen LogP contribution in [0.1, 0.15) is 25.7 Å². The largest absolute Gasteiger partial charge is 0.481 e. The number of carbonyl (C=O) groups excluding carboxylic acids is 1. The lowest BCUT2D eigenvalue weighted by atomic mass is 10.1. The van der Waals surface area contributed by atoms with E-state index in [0.29, 0.717) is 32.8 Å². The van der Waals surface area contributed by atoms with Gasteiger partial charge in [-0.25, -0.2) is 4.79 Å². The number of carboxylic acid groups (broad SMARTS) is 1. The van der Waals surface area contributed by atoms with Crippen molar-refractivity contribution in [1.29, 1.82) is 0 Å². The molecule has 7 heteroatoms. The summed E-state index contributed by atoms with van der Waals surface area (Å²) in [5.41, 5.74) is 0. The third-order valence-electron chi connectivity index (χ3n) is 3.65. The van der Waals surface area contributed by atoms with Crippen molar-refractivity contribution in [3.63, 3.8) is 0 Å². The van der Waals surface area contributed by atoms with Crippen LogP contribution in [0.25, 0.3) is 0 Å². The molecule has 1 fully saturated rings. The summed E-state index contributed by atoms with van der Waals surface area (Å²) < 4.78 is 10.1. The third kappa shape index (κ3) is 5.89. The zero-order chi connectivity index (χ0) is 15.7. The van der Waals surface area contributed by atoms with Gasteiger partial charge in [-0.2, -0.15) is 0 Å². The summed E-state index contributed by atoms with van der Waals surface area (Å²) >= 11 is 0. The van der Waals surface area contributed by atoms with Crippen molar-refractivity contribution < 1.29 is 24.2 Å². The van der Waals surface area contributed by atoms with E-state index in [1.54, 1.807) is 24.0 Å². The number of hydrogen-bond acceptors (Lipinski definition) is 4. The second-order valence-corrected chi connectivity index (χ2v) is 5.20. The SMILES string of the molecule is COCCCN(CCOC)C(=O)N1CCCC1CC(=O)O. The molecule has 1 atom stereocenters. The minimum absolute atomic E-state index is 0.0158. The lowest BCUT2D eigenvalue weighted by Gasteiger charge is -2.31. The molecular weight excluding hydrogens is 276 g/mol. The molecule has 1 heterocycles. The van der Waals surface area contributed by atoms with Crippen LogP contribution in [0.2, 0.25) is 0 Å². The van der Waals surface area contributed by atoms with Gasteiger partial charge in [0.2, 0.25) is 0 Å². The number of ether oxygens (including phenoxy) is 2. The Morgan fingerprint density at radius 3 is 2.57 bits per heavy atom. The van der Waals surface area contributed by atoms with E-state index in [1.807, 2.05) is 0 Å². The summed E-state index contributed by atoms with van der Waals surface area (Å²) in [5, 5.41) is 8.94. The standard InChI is InChI=1S/C14H26N2O5/c1-20-9-4-6-15(8-10-21-2)14(19)16-7-3-5-12(16)11-13(17)18/h12H,3-11H2,1-2H3,(H,17,18). The van der Waals surface area contributed by atoms with Crippen LogP contribution in [0.4, 0.5) is 4.79 Å². The van der Waals surface area contributed by atoms with E-state index in [4.69, 9.17) is 14.6 Å². The van der Waals surface area contributed by atoms with Gasteiger partial charge in [-0.15, -0.1) is 0 Å². The molecule has 0 aromatic rings. The minimum Gasteiger partial charge on any atom is -0.481 e. The van der Waals surface area contributed by atoms with Crippen LogP contribution in [0, 0.1) is 0 Å². The molecule has 1 aliphatic heterocycles. The molecule has 1 aliphatic rings. The highest BCUT2D eigenvalue weighted by molar-refractivity contribution is 5.76. The van der Waals surface area contributed by atoms with E-state index < -0.39 is 5.97 Å². The van der Waals surface area contributed by atoms with Gasteiger partial charge in [-0.1, -0.05) is 0 Å². The molecule has 122 valence electrons. The minimum atomic E-state index is -0.859. The molecule has 1 rings (SSSR count). The maximum atomic E-state index is 12.6. The topological polar surface area (TPSA) is 79.3 Å². The third-order valence-corrected chi connectivity index (χ3v) is 3.65. The molecule has 0 bridgehead atoms. The van der Waals surface area contributed by atoms with Crippen LogP contribution < -0.4 is 0 Å². The van der Waals surface area contributed by atoms with Crippen molar-refractivity contribution in [2.45, 2.75) is 31.7 Å². The van der Waals surface area contributed by atoms with Crippen LogP contribution in [0.3, 0.4) is 0 Å². The monoisotopic (exact) mass is 302 g/mol. The number of likely N-dealkylation sites (tertiary alicyclic amines) is 1. The van der Waals surface area contributed by atoms with E-state index in [9.17, 15) is 9.59 Å². The van der Waals surface area contributed by atoms with Gasteiger partial charge >= 0.3 is 12.0 Å². The molecule has 21 heavy (non-hydrogen) atoms. The first-order valence-corrected chi connectivity index (χ1v) is 7.35. The Morgan fingerprint density at radius 2 is 1.95 bits per heavy atom. The first-order valence-electron chi connectivity index (χ1n) is 7.35. The van der Waals surface area contributed by atoms with Gasteiger partial charge in [0.15, 0.2) is 0 Å². The van der Waals surface area contributed by atoms with Gasteiger partial charge in [-0.05, 0) is 19.3 Å². The molecule has 0 spiro atoms. The van der Waals surface area contributed by atoms with E-state index in [2.05, 4.69) is 0 Å². The predicted molar refractivity (Wildman–Crippen MR) is 77.3 cm³/mol. The molecule has 0 saturated carbocycles. The van der Waals surface area contributed by atoms with E-state index in [1.165, 1.54) is 0 Å². The quantitative estimate of drug-likeness (QED) is 0.644. The number of nitrogens with zero attached hydrogens (tertiary/aromatic N) is 2. The fourth-order valence-corrected chi connectivity index (χ4v) is 2.59. The summed E-state index contributed by atoms with van der Waals surface area (Å²) in [4.78, 5) is 26.9. The lowest BCUT2D eigenvalue weighted by Crippen LogP contribution is -2.47. The molecule has 1 unspecified atom stereocenters. The van der Waals surface area contributed by atoms with Gasteiger partial charge in [0.05, 0.1) is 13.0 Å². The number of amides is 2. The van der Waals surface area contributed by atoms with Crippen molar-refractivity contribution in [2.75, 3.05) is 47.1 Å². The van der Waals surface area contributed by atoms with Crippen molar-refractivity contribution >= 4 is 12.0 Å². The van der Waals surface area contributed by atoms with Crippen LogP contribution in [0.15, 0.2) is 0 Å². The number of hydrogen-bond donors (Lipinski definition) is 1. The molecule has 0 aromatic heterocycles. The molecule has 7 nitrogen and oxygen atoms in total. The fraction of sp³-hybridized carbons (Fsp3) is 0.857. The number of rotatable bonds is 9. The first kappa shape index (κ1) is 17.7. The number of aliphatic carboxylic acids is 1. The highest BCUT2D eigenvalue weighted by atomic mass is 16.5. The van der Waals surface area contributed by atoms with Crippen LogP contribution in [-0.2, 0) is 14.3 Å². The summed E-state index contributed by atoms with van der Waals surface area (Å²) in [6, 6.07) is -0.283. The van der Waals surface area contributed by atoms with Gasteiger partial charge in [0.1, 0.15) is 0 Å². The Hall–Kier alpha value is -1.34. The molecule has 1 saturated heterocycles. The van der Waals surface area contributed by atoms with Crippen molar-refractivity contribution in [2.24, 2.45) is 0 Å². The Bertz CT molecular complexity index is 337. The number of carboxylic acids is 1. The Labute approximate surface area is 125 Å². The lowest BCUT2D eigenvalue weighted by molar-refractivity contribution is -0.138. The van der Waals surface area contributed by atoms with Crippen LogP contribution >= 0.6 is 0 Å². The second kappa shape index (κ2) is 9.57. The van der Waals surface area contributed by atoms with Crippen molar-refractivity contribution in [3.05, 3.63) is 0 Å².